The number of hydrogen-bond donors (Lipinski definition) is 1. The summed E-state index contributed by atoms with van der Waals surface area (Å²) in [6, 6.07) is 1.46. The third kappa shape index (κ3) is 2.61. The van der Waals surface area contributed by atoms with Gasteiger partial charge in [-0.3, -0.25) is 0 Å². The highest BCUT2D eigenvalue weighted by Gasteiger charge is 2.00. The van der Waals surface area contributed by atoms with Gasteiger partial charge in [-0.1, -0.05) is 11.6 Å². The fraction of sp³-hybridized carbons (Fsp3) is 0.167. The average molecular weight is 197 g/mol. The van der Waals surface area contributed by atoms with Crippen LogP contribution in [-0.2, 0) is 6.54 Å². The molecule has 0 spiro atoms. The van der Waals surface area contributed by atoms with Crippen molar-refractivity contribution in [3.8, 4) is 0 Å². The Hall–Kier alpha value is -0.380. The highest BCUT2D eigenvalue weighted by molar-refractivity contribution is 6.30. The van der Waals surface area contributed by atoms with Gasteiger partial charge in [0.1, 0.15) is 0 Å². The van der Waals surface area contributed by atoms with Crippen LogP contribution in [0, 0.1) is 5.95 Å². The molecule has 0 bridgehead atoms. The first kappa shape index (κ1) is 10.6. The highest BCUT2D eigenvalue weighted by Crippen LogP contribution is 2.10. The van der Waals surface area contributed by atoms with Crippen LogP contribution >= 0.6 is 24.0 Å². The number of hydrogen-bond acceptors (Lipinski definition) is 2. The zero-order valence-corrected chi connectivity index (χ0v) is 7.12. The average Bonchev–Trinajstić information content (AvgIpc) is 1.94. The molecular weight excluding hydrogens is 190 g/mol. The minimum atomic E-state index is -0.549. The summed E-state index contributed by atoms with van der Waals surface area (Å²) in [5.74, 6) is -0.549. The summed E-state index contributed by atoms with van der Waals surface area (Å²) in [5.41, 5.74) is 5.52. The van der Waals surface area contributed by atoms with Crippen molar-refractivity contribution >= 4 is 24.0 Å². The van der Waals surface area contributed by atoms with Crippen LogP contribution in [0.15, 0.2) is 12.3 Å². The van der Waals surface area contributed by atoms with Crippen molar-refractivity contribution in [1.82, 2.24) is 4.98 Å². The molecule has 11 heavy (non-hydrogen) atoms. The van der Waals surface area contributed by atoms with Crippen molar-refractivity contribution < 1.29 is 4.39 Å². The molecule has 0 amide bonds. The summed E-state index contributed by atoms with van der Waals surface area (Å²) in [5, 5.41) is 0.404. The van der Waals surface area contributed by atoms with Crippen LogP contribution in [0.4, 0.5) is 4.39 Å². The van der Waals surface area contributed by atoms with Gasteiger partial charge in [-0.25, -0.2) is 4.98 Å². The first-order valence-electron chi connectivity index (χ1n) is 2.74. The lowest BCUT2D eigenvalue weighted by Gasteiger charge is -1.96. The molecule has 0 atom stereocenters. The zero-order valence-electron chi connectivity index (χ0n) is 5.55. The molecule has 1 heterocycles. The molecule has 0 saturated heterocycles. The number of halogens is 3. The Bertz CT molecular complexity index is 242. The smallest absolute Gasteiger partial charge is 0.217 e. The summed E-state index contributed by atoms with van der Waals surface area (Å²) in [6.45, 7) is 0.124. The summed E-state index contributed by atoms with van der Waals surface area (Å²) in [4.78, 5) is 3.37. The van der Waals surface area contributed by atoms with E-state index in [2.05, 4.69) is 4.98 Å². The van der Waals surface area contributed by atoms with Crippen molar-refractivity contribution in [2.75, 3.05) is 0 Å². The molecule has 1 rings (SSSR count). The normalized spacial score (nSPS) is 9.00. The van der Waals surface area contributed by atoms with Gasteiger partial charge in [-0.15, -0.1) is 12.4 Å². The van der Waals surface area contributed by atoms with Crippen LogP contribution in [0.1, 0.15) is 5.56 Å². The molecule has 0 saturated carbocycles. The number of nitrogens with two attached hydrogens (primary N) is 1. The maximum absolute atomic E-state index is 12.5. The van der Waals surface area contributed by atoms with Crippen molar-refractivity contribution in [3.63, 3.8) is 0 Å². The number of pyridine rings is 1. The molecule has 0 unspecified atom stereocenters. The Balaban J connectivity index is 0.000001000. The first-order valence-corrected chi connectivity index (χ1v) is 3.12. The lowest BCUT2D eigenvalue weighted by atomic mass is 10.3. The van der Waals surface area contributed by atoms with E-state index < -0.39 is 5.95 Å². The van der Waals surface area contributed by atoms with Crippen molar-refractivity contribution in [1.29, 1.82) is 0 Å². The molecule has 0 aliphatic carbocycles. The summed E-state index contributed by atoms with van der Waals surface area (Å²) < 4.78 is 12.5. The topological polar surface area (TPSA) is 38.9 Å². The van der Waals surface area contributed by atoms with Gasteiger partial charge in [0.15, 0.2) is 0 Å². The fourth-order valence-electron chi connectivity index (χ4n) is 0.608. The van der Waals surface area contributed by atoms with Crippen LogP contribution in [0.25, 0.3) is 0 Å². The summed E-state index contributed by atoms with van der Waals surface area (Å²) >= 11 is 5.51. The molecule has 1 aromatic heterocycles. The van der Waals surface area contributed by atoms with Crippen LogP contribution in [0.5, 0.6) is 0 Å². The molecule has 0 aliphatic heterocycles. The van der Waals surface area contributed by atoms with E-state index in [4.69, 9.17) is 17.3 Å². The van der Waals surface area contributed by atoms with Crippen LogP contribution in [-0.4, -0.2) is 4.98 Å². The second-order valence-corrected chi connectivity index (χ2v) is 2.24. The van der Waals surface area contributed by atoms with E-state index in [1.165, 1.54) is 12.3 Å². The Morgan fingerprint density at radius 3 is 2.73 bits per heavy atom. The maximum Gasteiger partial charge on any atom is 0.217 e. The van der Waals surface area contributed by atoms with Crippen LogP contribution in [0.3, 0.4) is 0 Å². The minimum Gasteiger partial charge on any atom is -0.326 e. The van der Waals surface area contributed by atoms with Crippen molar-refractivity contribution in [2.45, 2.75) is 6.54 Å². The van der Waals surface area contributed by atoms with E-state index in [9.17, 15) is 4.39 Å². The van der Waals surface area contributed by atoms with Gasteiger partial charge in [0.2, 0.25) is 5.95 Å². The van der Waals surface area contributed by atoms with E-state index in [1.807, 2.05) is 0 Å². The Morgan fingerprint density at radius 2 is 2.27 bits per heavy atom. The molecule has 62 valence electrons. The number of rotatable bonds is 1. The third-order valence-electron chi connectivity index (χ3n) is 1.10. The first-order chi connectivity index (χ1) is 4.74. The quantitative estimate of drug-likeness (QED) is 0.696. The van der Waals surface area contributed by atoms with Crippen molar-refractivity contribution in [2.24, 2.45) is 5.73 Å². The van der Waals surface area contributed by atoms with E-state index in [0.29, 0.717) is 10.6 Å². The molecule has 0 fully saturated rings. The van der Waals surface area contributed by atoms with Gasteiger partial charge in [-0.05, 0) is 6.07 Å². The monoisotopic (exact) mass is 196 g/mol. The van der Waals surface area contributed by atoms with Gasteiger partial charge in [0.05, 0.1) is 5.02 Å². The molecule has 2 nitrogen and oxygen atoms in total. The van der Waals surface area contributed by atoms with Gasteiger partial charge < -0.3 is 5.73 Å². The van der Waals surface area contributed by atoms with Gasteiger partial charge in [0, 0.05) is 18.3 Å². The van der Waals surface area contributed by atoms with E-state index in [-0.39, 0.29) is 19.0 Å². The zero-order chi connectivity index (χ0) is 7.56. The Morgan fingerprint density at radius 1 is 1.64 bits per heavy atom. The van der Waals surface area contributed by atoms with E-state index in [0.717, 1.165) is 0 Å². The molecule has 0 aliphatic rings. The number of aromatic nitrogens is 1. The van der Waals surface area contributed by atoms with E-state index >= 15 is 0 Å². The second-order valence-electron chi connectivity index (χ2n) is 1.81. The van der Waals surface area contributed by atoms with Gasteiger partial charge in [-0.2, -0.15) is 4.39 Å². The molecule has 5 heteroatoms. The highest BCUT2D eigenvalue weighted by atomic mass is 35.5. The Kier molecular flexibility index (Phi) is 4.33. The SMILES string of the molecule is Cl.NCc1cc(Cl)cnc1F. The molecule has 0 aromatic carbocycles. The Labute approximate surface area is 75.0 Å². The predicted octanol–water partition coefficient (Wildman–Crippen LogP) is 1.75. The largest absolute Gasteiger partial charge is 0.326 e. The number of nitrogens with zero attached hydrogens (tertiary/aromatic N) is 1. The molecule has 2 N–H and O–H groups in total. The lowest BCUT2D eigenvalue weighted by molar-refractivity contribution is 0.567. The van der Waals surface area contributed by atoms with E-state index in [1.54, 1.807) is 0 Å². The second kappa shape index (κ2) is 4.49. The predicted molar refractivity (Wildman–Crippen MR) is 44.3 cm³/mol. The van der Waals surface area contributed by atoms with Crippen LogP contribution < -0.4 is 5.73 Å². The fourth-order valence-corrected chi connectivity index (χ4v) is 0.788. The van der Waals surface area contributed by atoms with Crippen LogP contribution in [0.2, 0.25) is 5.02 Å². The van der Waals surface area contributed by atoms with Gasteiger partial charge >= 0.3 is 0 Å². The molecule has 1 aromatic rings. The standard InChI is InChI=1S/C6H6ClFN2.ClH/c7-5-1-4(2-9)6(8)10-3-5;/h1,3H,2,9H2;1H. The van der Waals surface area contributed by atoms with Gasteiger partial charge in [0.25, 0.3) is 0 Å². The third-order valence-corrected chi connectivity index (χ3v) is 1.30. The minimum absolute atomic E-state index is 0. The summed E-state index contributed by atoms with van der Waals surface area (Å²) in [6.07, 6.45) is 1.25. The lowest BCUT2D eigenvalue weighted by Crippen LogP contribution is -2.00. The van der Waals surface area contributed by atoms with Crippen molar-refractivity contribution in [3.05, 3.63) is 28.8 Å². The molecular formula is C6H7Cl2FN2. The molecule has 0 radical (unpaired) electrons. The maximum atomic E-state index is 12.5. The summed E-state index contributed by atoms with van der Waals surface area (Å²) in [7, 11) is 0.